The maximum absolute atomic E-state index is 14.8. The quantitative estimate of drug-likeness (QED) is 0.0701. The van der Waals surface area contributed by atoms with Gasteiger partial charge in [-0.3, -0.25) is 24.4 Å². The van der Waals surface area contributed by atoms with E-state index in [9.17, 15) is 24.0 Å². The number of ether oxygens (including phenoxy) is 2. The SMILES string of the molecule is C=CC(=O)N(C)CCN(C)C(=O)N(C)[C@H](C(=O)N[C@H]1Cc2nc(cs2)-c2ccc3c(c2)c(c(/C(C=C)=C(/N=C\C)[C@H](C)OCC)n3CC)CC(C)(C)COC[C@@]2(C=O)CCCN(N2)C1=O)C(C)C. The molecule has 0 spiro atoms. The Kier molecular flexibility index (Phi) is 18.2. The number of aryl methyl sites for hydroxylation is 1. The van der Waals surface area contributed by atoms with Gasteiger partial charge in [0, 0.05) is 94.0 Å². The predicted molar refractivity (Wildman–Crippen MR) is 270 cm³/mol. The van der Waals surface area contributed by atoms with Crippen LogP contribution < -0.4 is 10.7 Å². The summed E-state index contributed by atoms with van der Waals surface area (Å²) in [6.07, 6.45) is 6.98. The van der Waals surface area contributed by atoms with Crippen molar-refractivity contribution in [3.05, 3.63) is 70.9 Å². The lowest BCUT2D eigenvalue weighted by atomic mass is 9.84. The van der Waals surface area contributed by atoms with E-state index >= 15 is 0 Å². The van der Waals surface area contributed by atoms with Gasteiger partial charge in [-0.15, -0.1) is 11.3 Å². The first-order valence-corrected chi connectivity index (χ1v) is 24.5. The highest BCUT2D eigenvalue weighted by Crippen LogP contribution is 2.40. The van der Waals surface area contributed by atoms with Gasteiger partial charge in [0.15, 0.2) is 0 Å². The maximum Gasteiger partial charge on any atom is 0.320 e. The lowest BCUT2D eigenvalue weighted by molar-refractivity contribution is -0.147. The van der Waals surface area contributed by atoms with E-state index in [1.165, 1.54) is 37.1 Å². The number of carbonyl (C=O) groups excluding carboxylic acids is 5. The van der Waals surface area contributed by atoms with E-state index in [2.05, 4.69) is 67.4 Å². The molecule has 5 amide bonds. The van der Waals surface area contributed by atoms with Crippen LogP contribution in [-0.2, 0) is 48.0 Å². The fraction of sp³-hybridized carbons (Fsp3) is 0.549. The molecular weight excluding hydrogens is 883 g/mol. The van der Waals surface area contributed by atoms with Crippen LogP contribution in [-0.4, -0.2) is 150 Å². The number of allylic oxidation sites excluding steroid dienone is 2. The number of aldehydes is 1. The lowest BCUT2D eigenvalue weighted by Gasteiger charge is -2.42. The number of hydrogen-bond acceptors (Lipinski definition) is 11. The minimum Gasteiger partial charge on any atom is -0.378 e. The number of nitrogens with one attached hydrogen (secondary N) is 2. The third-order valence-electron chi connectivity index (χ3n) is 12.8. The number of carbonyl (C=O) groups is 5. The number of nitrogens with zero attached hydrogens (tertiary/aromatic N) is 7. The number of urea groups is 1. The third kappa shape index (κ3) is 12.0. The first-order chi connectivity index (χ1) is 32.3. The lowest BCUT2D eigenvalue weighted by Crippen LogP contribution is -2.66. The molecule has 0 aliphatic carbocycles. The number of amides is 5. The van der Waals surface area contributed by atoms with Crippen molar-refractivity contribution < 1.29 is 33.4 Å². The predicted octanol–water partition coefficient (Wildman–Crippen LogP) is 6.54. The number of thiazole rings is 1. The number of hydrazine groups is 1. The van der Waals surface area contributed by atoms with E-state index in [0.29, 0.717) is 50.6 Å². The Hall–Kier alpha value is -5.49. The number of likely N-dealkylation sites (N-methyl/N-ethyl adjacent to an activating group) is 3. The van der Waals surface area contributed by atoms with Crippen molar-refractivity contribution >= 4 is 64.1 Å². The molecule has 0 radical (unpaired) electrons. The molecule has 16 nitrogen and oxygen atoms in total. The molecule has 0 unspecified atom stereocenters. The normalized spacial score (nSPS) is 20.0. The van der Waals surface area contributed by atoms with Gasteiger partial charge < -0.3 is 38.9 Å². The minimum absolute atomic E-state index is 0.0106. The van der Waals surface area contributed by atoms with Gasteiger partial charge in [0.05, 0.1) is 41.4 Å². The molecule has 370 valence electrons. The number of rotatable bonds is 16. The summed E-state index contributed by atoms with van der Waals surface area (Å²) < 4.78 is 14.9. The van der Waals surface area contributed by atoms with Crippen LogP contribution in [0, 0.1) is 11.3 Å². The van der Waals surface area contributed by atoms with Crippen molar-refractivity contribution in [3.63, 3.8) is 0 Å². The summed E-state index contributed by atoms with van der Waals surface area (Å²) in [5.74, 6) is -1.58. The molecule has 6 bridgehead atoms. The Bertz CT molecular complexity index is 2400. The average Bonchev–Trinajstić information content (AvgIpc) is 3.90. The summed E-state index contributed by atoms with van der Waals surface area (Å²) in [4.78, 5) is 82.4. The van der Waals surface area contributed by atoms with E-state index in [0.717, 1.165) is 51.0 Å². The molecule has 68 heavy (non-hydrogen) atoms. The summed E-state index contributed by atoms with van der Waals surface area (Å²) in [5.41, 5.74) is 7.98. The molecule has 2 aliphatic heterocycles. The third-order valence-corrected chi connectivity index (χ3v) is 13.6. The van der Waals surface area contributed by atoms with Crippen LogP contribution in [0.3, 0.4) is 0 Å². The molecule has 4 heterocycles. The van der Waals surface area contributed by atoms with Crippen LogP contribution in [0.15, 0.2) is 59.6 Å². The van der Waals surface area contributed by atoms with Crippen LogP contribution in [0.5, 0.6) is 0 Å². The number of aromatic nitrogens is 2. The van der Waals surface area contributed by atoms with Crippen molar-refractivity contribution in [2.24, 2.45) is 16.3 Å². The molecular formula is C51H73N9O7S. The van der Waals surface area contributed by atoms with E-state index < -0.39 is 40.9 Å². The van der Waals surface area contributed by atoms with Crippen molar-refractivity contribution in [3.8, 4) is 11.3 Å². The molecule has 5 rings (SSSR count). The zero-order chi connectivity index (χ0) is 50.1. The largest absolute Gasteiger partial charge is 0.378 e. The number of fused-ring (bicyclic) bond motifs is 6. The fourth-order valence-corrected chi connectivity index (χ4v) is 10.1. The van der Waals surface area contributed by atoms with Gasteiger partial charge >= 0.3 is 6.03 Å². The Morgan fingerprint density at radius 3 is 2.46 bits per heavy atom. The van der Waals surface area contributed by atoms with Gasteiger partial charge in [0.1, 0.15) is 23.9 Å². The number of benzene rings is 1. The fourth-order valence-electron chi connectivity index (χ4n) is 9.28. The maximum atomic E-state index is 14.8. The second-order valence-corrected chi connectivity index (χ2v) is 19.9. The molecule has 1 saturated heterocycles. The molecule has 0 saturated carbocycles. The number of aliphatic imine (C=N–C) groups is 1. The Morgan fingerprint density at radius 2 is 1.82 bits per heavy atom. The molecule has 2 aromatic heterocycles. The molecule has 3 aromatic rings. The number of hydrogen-bond donors (Lipinski definition) is 2. The van der Waals surface area contributed by atoms with Crippen molar-refractivity contribution in [2.45, 2.75) is 111 Å². The van der Waals surface area contributed by atoms with Crippen molar-refractivity contribution in [1.82, 2.24) is 40.0 Å². The van der Waals surface area contributed by atoms with Crippen molar-refractivity contribution in [1.29, 1.82) is 0 Å². The van der Waals surface area contributed by atoms with Crippen LogP contribution in [0.1, 0.15) is 84.5 Å². The Balaban J connectivity index is 1.61. The summed E-state index contributed by atoms with van der Waals surface area (Å²) >= 11 is 1.39. The van der Waals surface area contributed by atoms with Crippen LogP contribution >= 0.6 is 11.3 Å². The first-order valence-electron chi connectivity index (χ1n) is 23.7. The van der Waals surface area contributed by atoms with Crippen LogP contribution in [0.25, 0.3) is 27.7 Å². The highest BCUT2D eigenvalue weighted by atomic mass is 32.1. The highest BCUT2D eigenvalue weighted by molar-refractivity contribution is 7.10. The molecule has 1 aromatic carbocycles. The Morgan fingerprint density at radius 1 is 1.10 bits per heavy atom. The zero-order valence-electron chi connectivity index (χ0n) is 42.0. The minimum atomic E-state index is -1.21. The summed E-state index contributed by atoms with van der Waals surface area (Å²) in [7, 11) is 4.79. The smallest absolute Gasteiger partial charge is 0.320 e. The molecule has 17 heteroatoms. The van der Waals surface area contributed by atoms with Gasteiger partial charge in [-0.05, 0) is 82.1 Å². The molecule has 4 atom stereocenters. The summed E-state index contributed by atoms with van der Waals surface area (Å²) in [6.45, 7) is 26.1. The van der Waals surface area contributed by atoms with E-state index in [1.807, 2.05) is 46.1 Å². The van der Waals surface area contributed by atoms with E-state index in [1.54, 1.807) is 27.4 Å². The zero-order valence-corrected chi connectivity index (χ0v) is 42.8. The summed E-state index contributed by atoms with van der Waals surface area (Å²) in [6, 6.07) is 3.85. The van der Waals surface area contributed by atoms with E-state index in [-0.39, 0.29) is 44.0 Å². The van der Waals surface area contributed by atoms with Crippen LogP contribution in [0.2, 0.25) is 0 Å². The van der Waals surface area contributed by atoms with Gasteiger partial charge in [-0.25, -0.2) is 15.2 Å². The highest BCUT2D eigenvalue weighted by Gasteiger charge is 2.41. The molecule has 2 N–H and O–H groups in total. The topological polar surface area (TPSA) is 171 Å². The van der Waals surface area contributed by atoms with Gasteiger partial charge in [0.2, 0.25) is 11.8 Å². The van der Waals surface area contributed by atoms with E-state index in [4.69, 9.17) is 19.5 Å². The monoisotopic (exact) mass is 956 g/mol. The average molecular weight is 956 g/mol. The van der Waals surface area contributed by atoms with Gasteiger partial charge in [0.25, 0.3) is 5.91 Å². The Labute approximate surface area is 406 Å². The second kappa shape index (κ2) is 23.2. The first kappa shape index (κ1) is 53.5. The second-order valence-electron chi connectivity index (χ2n) is 19.0. The van der Waals surface area contributed by atoms with Gasteiger partial charge in [-0.2, -0.15) is 0 Å². The van der Waals surface area contributed by atoms with Crippen LogP contribution in [0.4, 0.5) is 4.79 Å². The molecule has 1 fully saturated rings. The van der Waals surface area contributed by atoms with Crippen molar-refractivity contribution in [2.75, 3.05) is 60.6 Å². The van der Waals surface area contributed by atoms with Gasteiger partial charge in [-0.1, -0.05) is 53.0 Å². The standard InChI is InChI=1S/C51H73N9O7S/c1-14-36(44(52-16-3)34(8)67-18-5)46-38-28-50(9,10)31-66-32-51(30-61)22-19-23-60(55-51)48(64)39(27-42-53-40(29-68-42)35-20-21-41(37(38)26-35)59(46)17-4)54-47(63)45(33(6)7)58(13)49(65)57(12)25-24-56(11)43(62)15-2/h14-16,20-21,26,29-30,33-34,39,45,55H,1-2,17-19,22-25,27-28,31-32H2,3-13H3,(H,54,63)/b44-36+,52-16-/t34-,39-,45-,51-/m0/s1. The summed E-state index contributed by atoms with van der Waals surface area (Å²) in [5, 5.41) is 8.06. The molecule has 2 aliphatic rings.